The Morgan fingerprint density at radius 3 is 2.81 bits per heavy atom. The molecule has 2 aliphatic heterocycles. The van der Waals surface area contributed by atoms with Gasteiger partial charge >= 0.3 is 0 Å². The number of carbonyl (C=O) groups is 1. The summed E-state index contributed by atoms with van der Waals surface area (Å²) in [6, 6.07) is 11.8. The van der Waals surface area contributed by atoms with Gasteiger partial charge in [-0.2, -0.15) is 0 Å². The van der Waals surface area contributed by atoms with Crippen molar-refractivity contribution in [2.24, 2.45) is 23.7 Å². The average Bonchev–Trinajstić information content (AvgIpc) is 3.10. The van der Waals surface area contributed by atoms with E-state index in [2.05, 4.69) is 33.7 Å². The molecule has 1 fully saturated rings. The number of amides is 1. The van der Waals surface area contributed by atoms with E-state index in [0.29, 0.717) is 24.0 Å². The van der Waals surface area contributed by atoms with Crippen molar-refractivity contribution in [2.75, 3.05) is 44.1 Å². The quantitative estimate of drug-likeness (QED) is 0.359. The van der Waals surface area contributed by atoms with Gasteiger partial charge in [0.1, 0.15) is 5.75 Å². The van der Waals surface area contributed by atoms with Crippen LogP contribution in [-0.2, 0) is 26.3 Å². The number of ether oxygens (including phenoxy) is 2. The number of aryl methyl sites for hydroxylation is 1. The molecule has 2 bridgehead atoms. The first-order valence-corrected chi connectivity index (χ1v) is 17.7. The van der Waals surface area contributed by atoms with Crippen molar-refractivity contribution in [2.45, 2.75) is 50.5 Å². The van der Waals surface area contributed by atoms with Crippen molar-refractivity contribution in [3.05, 3.63) is 70.3 Å². The predicted octanol–water partition coefficient (Wildman–Crippen LogP) is 5.03. The Labute approximate surface area is 260 Å². The first-order chi connectivity index (χ1) is 20.6. The second-order valence-electron chi connectivity index (χ2n) is 13.1. The monoisotopic (exact) mass is 626 g/mol. The van der Waals surface area contributed by atoms with Gasteiger partial charge in [-0.3, -0.25) is 9.52 Å². The molecule has 2 aromatic rings. The molecule has 2 heterocycles. The van der Waals surface area contributed by atoms with Crippen molar-refractivity contribution >= 4 is 38.8 Å². The third kappa shape index (κ3) is 6.08. The van der Waals surface area contributed by atoms with E-state index in [1.54, 1.807) is 13.2 Å². The molecule has 1 unspecified atom stereocenters. The van der Waals surface area contributed by atoms with E-state index < -0.39 is 15.6 Å². The lowest BCUT2D eigenvalue weighted by molar-refractivity contribution is 0.0128. The predicted molar refractivity (Wildman–Crippen MR) is 174 cm³/mol. The molecule has 7 atom stereocenters. The molecular formula is C34H43ClN2O5S. The normalized spacial score (nSPS) is 35.0. The zero-order valence-electron chi connectivity index (χ0n) is 25.1. The molecule has 4 aliphatic rings. The summed E-state index contributed by atoms with van der Waals surface area (Å²) in [7, 11) is -1.21. The molecule has 0 radical (unpaired) electrons. The summed E-state index contributed by atoms with van der Waals surface area (Å²) in [6.45, 7) is 3.95. The van der Waals surface area contributed by atoms with Crippen LogP contribution in [0.4, 0.5) is 5.69 Å². The van der Waals surface area contributed by atoms with E-state index in [-0.39, 0.29) is 35.7 Å². The summed E-state index contributed by atoms with van der Waals surface area (Å²) in [5.74, 6) is 4.71. The van der Waals surface area contributed by atoms with Crippen molar-refractivity contribution < 1.29 is 23.6 Å². The molecule has 7 nitrogen and oxygen atoms in total. The third-order valence-electron chi connectivity index (χ3n) is 10.2. The largest absolute Gasteiger partial charge is 0.490 e. The number of carbonyl (C=O) groups excluding carboxylic acids is 1. The van der Waals surface area contributed by atoms with Gasteiger partial charge in [-0.1, -0.05) is 36.7 Å². The van der Waals surface area contributed by atoms with E-state index in [0.717, 1.165) is 61.7 Å². The van der Waals surface area contributed by atoms with E-state index in [4.69, 9.17) is 21.1 Å². The molecule has 0 aromatic heterocycles. The van der Waals surface area contributed by atoms with Crippen molar-refractivity contribution in [1.82, 2.24) is 4.72 Å². The minimum Gasteiger partial charge on any atom is -0.490 e. The van der Waals surface area contributed by atoms with Gasteiger partial charge in [0.05, 0.1) is 18.4 Å². The highest BCUT2D eigenvalue weighted by Crippen LogP contribution is 2.47. The van der Waals surface area contributed by atoms with Gasteiger partial charge in [0.25, 0.3) is 5.91 Å². The van der Waals surface area contributed by atoms with Crippen LogP contribution in [-0.4, -0.2) is 66.4 Å². The van der Waals surface area contributed by atoms with E-state index >= 15 is 0 Å². The number of nitrogens with one attached hydrogen (secondary N) is 1. The minimum absolute atomic E-state index is 0.0843. The van der Waals surface area contributed by atoms with Crippen LogP contribution in [0.3, 0.4) is 0 Å². The highest BCUT2D eigenvalue weighted by Gasteiger charge is 2.44. The average molecular weight is 627 g/mol. The van der Waals surface area contributed by atoms with E-state index in [9.17, 15) is 14.1 Å². The first-order valence-electron chi connectivity index (χ1n) is 15.4. The Kier molecular flexibility index (Phi) is 8.59. The van der Waals surface area contributed by atoms with Crippen molar-refractivity contribution in [1.29, 1.82) is 0 Å². The number of hydrogen-bond acceptors (Lipinski definition) is 6. The molecule has 0 saturated heterocycles. The Hall–Kier alpha value is -2.52. The summed E-state index contributed by atoms with van der Waals surface area (Å²) in [4.78, 5) is 15.9. The van der Waals surface area contributed by atoms with Crippen LogP contribution >= 0.6 is 11.6 Å². The fraction of sp³-hybridized carbons (Fsp3) is 0.529. The zero-order chi connectivity index (χ0) is 30.4. The molecule has 2 N–H and O–H groups in total. The molecule has 43 heavy (non-hydrogen) atoms. The fourth-order valence-corrected chi connectivity index (χ4v) is 9.52. The van der Waals surface area contributed by atoms with Crippen LogP contribution < -0.4 is 14.4 Å². The molecule has 2 aliphatic carbocycles. The summed E-state index contributed by atoms with van der Waals surface area (Å²) < 4.78 is 28.8. The Morgan fingerprint density at radius 1 is 1.23 bits per heavy atom. The number of halogens is 1. The highest BCUT2D eigenvalue weighted by molar-refractivity contribution is 7.99. The number of methoxy groups -OCH3 is 1. The Balaban J connectivity index is 1.43. The standard InChI is InChI=1S/C34H43ClN2O5S/c1-22-19-43(3,40)36-33(39)24-7-13-32-30(16-24)37(17-25-6-10-28(25)31(41-2)12-8-26(22)18-38)20-34(21-42-32)14-4-5-23-15-27(35)9-11-29(23)34/h7-9,11-13,15-16,22,25-26,28,31,38H,3-6,10,14,17-21H2,1-2H3,(H,36,39,40)/b12-8+/t22-,25+,26-,28-,31+,34+,43?/m1/s1. The van der Waals surface area contributed by atoms with Gasteiger partial charge in [0, 0.05) is 64.2 Å². The van der Waals surface area contributed by atoms with Gasteiger partial charge in [0.2, 0.25) is 0 Å². The molecule has 6 rings (SSSR count). The zero-order valence-corrected chi connectivity index (χ0v) is 26.7. The minimum atomic E-state index is -2.96. The summed E-state index contributed by atoms with van der Waals surface area (Å²) >= 11 is 6.42. The summed E-state index contributed by atoms with van der Waals surface area (Å²) in [5, 5.41) is 10.9. The number of aliphatic hydroxyl groups is 1. The van der Waals surface area contributed by atoms with Gasteiger partial charge in [-0.05, 0) is 97.2 Å². The maximum Gasteiger partial charge on any atom is 0.262 e. The summed E-state index contributed by atoms with van der Waals surface area (Å²) in [6.07, 6.45) is 9.19. The molecule has 1 amide bonds. The van der Waals surface area contributed by atoms with Crippen molar-refractivity contribution in [3.8, 4) is 5.75 Å². The summed E-state index contributed by atoms with van der Waals surface area (Å²) in [5.41, 5.74) is 3.68. The molecule has 9 heteroatoms. The van der Waals surface area contributed by atoms with Crippen LogP contribution in [0.15, 0.2) is 48.6 Å². The second kappa shape index (κ2) is 12.1. The number of benzene rings is 2. The number of anilines is 1. The lowest BCUT2D eigenvalue weighted by atomic mass is 9.68. The molecule has 232 valence electrons. The Morgan fingerprint density at radius 2 is 2.07 bits per heavy atom. The van der Waals surface area contributed by atoms with E-state index in [1.165, 1.54) is 11.1 Å². The molecule has 1 spiro atoms. The van der Waals surface area contributed by atoms with Crippen LogP contribution in [0.25, 0.3) is 0 Å². The molecule has 1 saturated carbocycles. The van der Waals surface area contributed by atoms with Gasteiger partial charge in [0.15, 0.2) is 0 Å². The second-order valence-corrected chi connectivity index (χ2v) is 15.7. The number of fused-ring (bicyclic) bond motifs is 4. The SMILES string of the molecule is C=S1(=O)C[C@@H](C)[C@@H](CO)/C=C/[C@H](OC)[C@@H]2CC[C@H]2CN2C[C@@]3(CCCc4cc(Cl)ccc43)COc3ccc(cc32)C(=O)N1. The highest BCUT2D eigenvalue weighted by atomic mass is 35.5. The lowest BCUT2D eigenvalue weighted by Crippen LogP contribution is -2.49. The van der Waals surface area contributed by atoms with Gasteiger partial charge < -0.3 is 19.5 Å². The van der Waals surface area contributed by atoms with Gasteiger partial charge in [-0.15, -0.1) is 0 Å². The van der Waals surface area contributed by atoms with E-state index in [1.807, 2.05) is 31.2 Å². The van der Waals surface area contributed by atoms with Crippen LogP contribution in [0.1, 0.15) is 54.1 Å². The molecular weight excluding hydrogens is 584 g/mol. The number of hydrogen-bond donors (Lipinski definition) is 2. The maximum absolute atomic E-state index is 13.5. The van der Waals surface area contributed by atoms with Crippen LogP contribution in [0, 0.1) is 23.7 Å². The Bertz CT molecular complexity index is 1510. The van der Waals surface area contributed by atoms with Crippen molar-refractivity contribution in [3.63, 3.8) is 0 Å². The first kappa shape index (κ1) is 30.5. The smallest absolute Gasteiger partial charge is 0.262 e. The van der Waals surface area contributed by atoms with Gasteiger partial charge in [-0.25, -0.2) is 4.21 Å². The molecule has 2 aromatic carbocycles. The van der Waals surface area contributed by atoms with Crippen LogP contribution in [0.5, 0.6) is 5.75 Å². The van der Waals surface area contributed by atoms with Crippen LogP contribution in [0.2, 0.25) is 5.02 Å². The fourth-order valence-electron chi connectivity index (χ4n) is 7.69. The number of nitrogens with zero attached hydrogens (tertiary/aromatic N) is 1. The maximum atomic E-state index is 13.5. The lowest BCUT2D eigenvalue weighted by Gasteiger charge is -2.46. The number of aliphatic hydroxyl groups excluding tert-OH is 1. The topological polar surface area (TPSA) is 88.1 Å². The number of rotatable bonds is 2. The third-order valence-corrected chi connectivity index (χ3v) is 12.1.